The molecule has 0 heterocycles. The summed E-state index contributed by atoms with van der Waals surface area (Å²) >= 11 is 5.94. The van der Waals surface area contributed by atoms with Gasteiger partial charge in [0.1, 0.15) is 18.2 Å². The first kappa shape index (κ1) is 22.9. The maximum Gasteiger partial charge on any atom is 0.266 e. The highest BCUT2D eigenvalue weighted by Gasteiger charge is 2.15. The minimum absolute atomic E-state index is 0.0483. The number of nitrogens with one attached hydrogen (secondary N) is 1. The van der Waals surface area contributed by atoms with E-state index in [0.717, 1.165) is 16.7 Å². The van der Waals surface area contributed by atoms with Gasteiger partial charge in [-0.25, -0.2) is 0 Å². The van der Waals surface area contributed by atoms with Crippen molar-refractivity contribution >= 4 is 29.3 Å². The van der Waals surface area contributed by atoms with Crippen LogP contribution in [0.15, 0.2) is 66.2 Å². The summed E-state index contributed by atoms with van der Waals surface area (Å²) in [4.78, 5) is 12.7. The molecule has 1 N–H and O–H groups in total. The first-order valence-corrected chi connectivity index (χ1v) is 10.3. The van der Waals surface area contributed by atoms with E-state index in [0.29, 0.717) is 27.8 Å². The molecule has 0 aromatic heterocycles. The number of hydrogen-bond donors (Lipinski definition) is 1. The molecule has 0 fully saturated rings. The van der Waals surface area contributed by atoms with E-state index in [2.05, 4.69) is 5.32 Å². The van der Waals surface area contributed by atoms with Gasteiger partial charge in [-0.1, -0.05) is 41.9 Å². The Labute approximate surface area is 192 Å². The number of para-hydroxylation sites is 1. The first-order valence-electron chi connectivity index (χ1n) is 9.96. The van der Waals surface area contributed by atoms with Crippen LogP contribution in [0.4, 0.5) is 5.69 Å². The van der Waals surface area contributed by atoms with Gasteiger partial charge >= 0.3 is 0 Å². The summed E-state index contributed by atoms with van der Waals surface area (Å²) in [7, 11) is 1.54. The standard InChI is InChI=1S/C26H23ClN2O3/c1-17-7-12-23(13-18(17)2)29-26(30)21(15-28)14-20-5-4-6-24(31-3)25(20)32-16-19-8-10-22(27)11-9-19/h4-14H,16H2,1-3H3,(H,29,30)/b21-14+. The molecule has 0 aliphatic rings. The van der Waals surface area contributed by atoms with Gasteiger partial charge in [-0.15, -0.1) is 0 Å². The minimum atomic E-state index is -0.498. The molecule has 1 amide bonds. The van der Waals surface area contributed by atoms with Gasteiger partial charge in [-0.2, -0.15) is 5.26 Å². The van der Waals surface area contributed by atoms with Gasteiger partial charge in [-0.3, -0.25) is 4.79 Å². The third-order valence-corrected chi connectivity index (χ3v) is 5.21. The molecule has 0 atom stereocenters. The second-order valence-electron chi connectivity index (χ2n) is 7.22. The molecule has 0 spiro atoms. The summed E-state index contributed by atoms with van der Waals surface area (Å²) in [5.41, 5.74) is 4.24. The first-order chi connectivity index (χ1) is 15.4. The van der Waals surface area contributed by atoms with Crippen molar-refractivity contribution in [2.45, 2.75) is 20.5 Å². The van der Waals surface area contributed by atoms with E-state index in [1.807, 2.05) is 44.2 Å². The van der Waals surface area contributed by atoms with Gasteiger partial charge in [0.05, 0.1) is 7.11 Å². The Hall–Kier alpha value is -3.75. The van der Waals surface area contributed by atoms with E-state index in [9.17, 15) is 10.1 Å². The number of carbonyl (C=O) groups is 1. The van der Waals surface area contributed by atoms with Crippen LogP contribution in [0.2, 0.25) is 5.02 Å². The zero-order valence-corrected chi connectivity index (χ0v) is 18.9. The van der Waals surface area contributed by atoms with Crippen LogP contribution in [-0.2, 0) is 11.4 Å². The third kappa shape index (κ3) is 5.69. The van der Waals surface area contributed by atoms with E-state index in [1.165, 1.54) is 13.2 Å². The lowest BCUT2D eigenvalue weighted by Crippen LogP contribution is -2.13. The molecule has 5 nitrogen and oxygen atoms in total. The monoisotopic (exact) mass is 446 g/mol. The zero-order chi connectivity index (χ0) is 23.1. The fraction of sp³-hybridized carbons (Fsp3) is 0.154. The molecule has 32 heavy (non-hydrogen) atoms. The van der Waals surface area contributed by atoms with Crippen LogP contribution in [0.1, 0.15) is 22.3 Å². The summed E-state index contributed by atoms with van der Waals surface area (Å²) in [6, 6.07) is 20.2. The van der Waals surface area contributed by atoms with E-state index in [4.69, 9.17) is 21.1 Å². The van der Waals surface area contributed by atoms with E-state index in [1.54, 1.807) is 36.4 Å². The number of benzene rings is 3. The van der Waals surface area contributed by atoms with Gasteiger partial charge < -0.3 is 14.8 Å². The predicted octanol–water partition coefficient (Wildman–Crippen LogP) is 6.09. The van der Waals surface area contributed by atoms with Crippen molar-refractivity contribution in [3.63, 3.8) is 0 Å². The lowest BCUT2D eigenvalue weighted by Gasteiger charge is -2.14. The fourth-order valence-electron chi connectivity index (χ4n) is 3.02. The van der Waals surface area contributed by atoms with E-state index < -0.39 is 5.91 Å². The minimum Gasteiger partial charge on any atom is -0.493 e. The molecule has 0 aliphatic heterocycles. The zero-order valence-electron chi connectivity index (χ0n) is 18.1. The average Bonchev–Trinajstić information content (AvgIpc) is 2.79. The Morgan fingerprint density at radius 2 is 1.84 bits per heavy atom. The van der Waals surface area contributed by atoms with E-state index >= 15 is 0 Å². The molecule has 0 unspecified atom stereocenters. The second-order valence-corrected chi connectivity index (χ2v) is 7.65. The summed E-state index contributed by atoms with van der Waals surface area (Å²) < 4.78 is 11.4. The smallest absolute Gasteiger partial charge is 0.266 e. The molecule has 0 saturated heterocycles. The normalized spacial score (nSPS) is 10.9. The molecule has 0 saturated carbocycles. The number of ether oxygens (including phenoxy) is 2. The number of anilines is 1. The van der Waals surface area contributed by atoms with Crippen molar-refractivity contribution in [2.24, 2.45) is 0 Å². The average molecular weight is 447 g/mol. The van der Waals surface area contributed by atoms with Crippen molar-refractivity contribution < 1.29 is 14.3 Å². The molecule has 3 aromatic rings. The van der Waals surface area contributed by atoms with Crippen molar-refractivity contribution in [3.05, 3.63) is 93.5 Å². The Kier molecular flexibility index (Phi) is 7.54. The number of rotatable bonds is 7. The Balaban J connectivity index is 1.87. The largest absolute Gasteiger partial charge is 0.493 e. The number of methoxy groups -OCH3 is 1. The Morgan fingerprint density at radius 1 is 1.09 bits per heavy atom. The Bertz CT molecular complexity index is 1190. The van der Waals surface area contributed by atoms with Crippen LogP contribution in [0.3, 0.4) is 0 Å². The lowest BCUT2D eigenvalue weighted by atomic mass is 10.1. The molecular weight excluding hydrogens is 424 g/mol. The van der Waals surface area contributed by atoms with Crippen molar-refractivity contribution in [3.8, 4) is 17.6 Å². The van der Waals surface area contributed by atoms with Gasteiger partial charge in [0, 0.05) is 16.3 Å². The predicted molar refractivity (Wildman–Crippen MR) is 127 cm³/mol. The summed E-state index contributed by atoms with van der Waals surface area (Å²) in [5, 5.41) is 13.0. The number of amides is 1. The summed E-state index contributed by atoms with van der Waals surface area (Å²) in [6.07, 6.45) is 1.50. The van der Waals surface area contributed by atoms with Crippen LogP contribution >= 0.6 is 11.6 Å². The molecule has 162 valence electrons. The molecule has 0 radical (unpaired) electrons. The quantitative estimate of drug-likeness (QED) is 0.352. The number of carbonyl (C=O) groups excluding carboxylic acids is 1. The van der Waals surface area contributed by atoms with Crippen LogP contribution < -0.4 is 14.8 Å². The van der Waals surface area contributed by atoms with Crippen molar-refractivity contribution in [2.75, 3.05) is 12.4 Å². The highest BCUT2D eigenvalue weighted by atomic mass is 35.5. The van der Waals surface area contributed by atoms with Gasteiger partial charge in [0.2, 0.25) is 0 Å². The molecular formula is C26H23ClN2O3. The van der Waals surface area contributed by atoms with Gasteiger partial charge in [0.15, 0.2) is 11.5 Å². The number of nitriles is 1. The van der Waals surface area contributed by atoms with Gasteiger partial charge in [0.25, 0.3) is 5.91 Å². The summed E-state index contributed by atoms with van der Waals surface area (Å²) in [6.45, 7) is 4.23. The maximum absolute atomic E-state index is 12.7. The highest BCUT2D eigenvalue weighted by molar-refractivity contribution is 6.30. The van der Waals surface area contributed by atoms with Crippen LogP contribution in [0, 0.1) is 25.2 Å². The molecule has 3 aromatic carbocycles. The SMILES string of the molecule is COc1cccc(/C=C(\C#N)C(=O)Nc2ccc(C)c(C)c2)c1OCc1ccc(Cl)cc1. The maximum atomic E-state index is 12.7. The third-order valence-electron chi connectivity index (χ3n) is 4.96. The molecule has 0 bridgehead atoms. The number of hydrogen-bond acceptors (Lipinski definition) is 4. The lowest BCUT2D eigenvalue weighted by molar-refractivity contribution is -0.112. The topological polar surface area (TPSA) is 71.3 Å². The molecule has 3 rings (SSSR count). The fourth-order valence-corrected chi connectivity index (χ4v) is 3.15. The van der Waals surface area contributed by atoms with E-state index in [-0.39, 0.29) is 12.2 Å². The van der Waals surface area contributed by atoms with Crippen molar-refractivity contribution in [1.82, 2.24) is 0 Å². The van der Waals surface area contributed by atoms with Crippen molar-refractivity contribution in [1.29, 1.82) is 5.26 Å². The highest BCUT2D eigenvalue weighted by Crippen LogP contribution is 2.33. The number of aryl methyl sites for hydroxylation is 2. The van der Waals surface area contributed by atoms with Crippen LogP contribution in [-0.4, -0.2) is 13.0 Å². The summed E-state index contributed by atoms with van der Waals surface area (Å²) in [5.74, 6) is 0.443. The number of nitrogens with zero attached hydrogens (tertiary/aromatic N) is 1. The number of halogens is 1. The molecule has 6 heteroatoms. The molecule has 0 aliphatic carbocycles. The van der Waals surface area contributed by atoms with Gasteiger partial charge in [-0.05, 0) is 66.9 Å². The second kappa shape index (κ2) is 10.5. The van der Waals surface area contributed by atoms with Crippen LogP contribution in [0.5, 0.6) is 11.5 Å². The van der Waals surface area contributed by atoms with Crippen LogP contribution in [0.25, 0.3) is 6.08 Å². The Morgan fingerprint density at radius 3 is 2.50 bits per heavy atom.